The number of fused-ring (bicyclic) bond motifs is 3. The van der Waals surface area contributed by atoms with Crippen LogP contribution in [-0.2, 0) is 28.7 Å². The van der Waals surface area contributed by atoms with Crippen molar-refractivity contribution >= 4 is 11.6 Å². The second-order valence-corrected chi connectivity index (χ2v) is 10.2. The summed E-state index contributed by atoms with van der Waals surface area (Å²) >= 11 is 0. The van der Waals surface area contributed by atoms with Crippen LogP contribution in [0.1, 0.15) is 23.1 Å². The van der Waals surface area contributed by atoms with Crippen molar-refractivity contribution in [2.75, 3.05) is 63.9 Å². The van der Waals surface area contributed by atoms with Crippen molar-refractivity contribution in [2.24, 2.45) is 5.92 Å². The number of carbonyl (C=O) groups excluding carboxylic acids is 1. The minimum absolute atomic E-state index is 0.0680. The number of morpholine rings is 1. The van der Waals surface area contributed by atoms with E-state index in [1.807, 2.05) is 18.2 Å². The summed E-state index contributed by atoms with van der Waals surface area (Å²) in [6, 6.07) is 14.1. The molecule has 37 heavy (non-hydrogen) atoms. The maximum absolute atomic E-state index is 13.5. The first-order valence-corrected chi connectivity index (χ1v) is 13.2. The lowest BCUT2D eigenvalue weighted by Gasteiger charge is -2.49. The van der Waals surface area contributed by atoms with Crippen LogP contribution in [0.5, 0.6) is 0 Å². The third-order valence-corrected chi connectivity index (χ3v) is 7.76. The number of alkyl halides is 3. The van der Waals surface area contributed by atoms with E-state index in [4.69, 9.17) is 4.74 Å². The summed E-state index contributed by atoms with van der Waals surface area (Å²) < 4.78 is 45.7. The number of hydrogen-bond donors (Lipinski definition) is 1. The van der Waals surface area contributed by atoms with Crippen LogP contribution in [0.25, 0.3) is 0 Å². The third-order valence-electron chi connectivity index (χ3n) is 7.76. The van der Waals surface area contributed by atoms with E-state index in [0.717, 1.165) is 64.1 Å². The van der Waals surface area contributed by atoms with Crippen molar-refractivity contribution in [1.29, 1.82) is 0 Å². The first kappa shape index (κ1) is 26.0. The molecule has 3 aliphatic heterocycles. The SMILES string of the molecule is O=C(NCCCN1CCOCC1)[C@@H]1Cc2cc(C(F)(F)F)ccc2N2CCN(Cc3ccccc3)C[C@H]12. The summed E-state index contributed by atoms with van der Waals surface area (Å²) in [5.74, 6) is -0.473. The Labute approximate surface area is 216 Å². The van der Waals surface area contributed by atoms with Crippen LogP contribution in [0.4, 0.5) is 18.9 Å². The predicted octanol–water partition coefficient (Wildman–Crippen LogP) is 3.41. The maximum atomic E-state index is 13.5. The van der Waals surface area contributed by atoms with Crippen molar-refractivity contribution in [1.82, 2.24) is 15.1 Å². The van der Waals surface area contributed by atoms with Gasteiger partial charge in [-0.2, -0.15) is 13.2 Å². The van der Waals surface area contributed by atoms with Gasteiger partial charge < -0.3 is 15.0 Å². The normalized spacial score (nSPS) is 22.8. The Morgan fingerprint density at radius 3 is 2.54 bits per heavy atom. The molecular formula is C28H35F3N4O2. The number of benzene rings is 2. The minimum atomic E-state index is -4.41. The fourth-order valence-electron chi connectivity index (χ4n) is 5.81. The number of amides is 1. The van der Waals surface area contributed by atoms with E-state index < -0.39 is 17.7 Å². The van der Waals surface area contributed by atoms with Crippen LogP contribution in [0.2, 0.25) is 0 Å². The number of nitrogens with zero attached hydrogens (tertiary/aromatic N) is 3. The van der Waals surface area contributed by atoms with E-state index in [1.54, 1.807) is 6.07 Å². The standard InChI is InChI=1S/C28H35F3N4O2/c29-28(30,31)23-7-8-25-22(17-23)18-24(27(36)32-9-4-10-33-13-15-37-16-14-33)26-20-34(11-12-35(25)26)19-21-5-2-1-3-6-21/h1-3,5-8,17,24,26H,4,9-16,18-20H2,(H,32,36)/t24-,26-/m1/s1. The first-order chi connectivity index (χ1) is 17.9. The highest BCUT2D eigenvalue weighted by Crippen LogP contribution is 2.40. The largest absolute Gasteiger partial charge is 0.416 e. The van der Waals surface area contributed by atoms with Crippen LogP contribution in [0.3, 0.4) is 0 Å². The highest BCUT2D eigenvalue weighted by atomic mass is 19.4. The number of nitrogens with one attached hydrogen (secondary N) is 1. The molecule has 2 aromatic rings. The molecule has 2 saturated heterocycles. The molecule has 0 saturated carbocycles. The second-order valence-electron chi connectivity index (χ2n) is 10.2. The number of halogens is 3. The fourth-order valence-corrected chi connectivity index (χ4v) is 5.81. The molecule has 1 amide bonds. The Hall–Kier alpha value is -2.62. The van der Waals surface area contributed by atoms with Gasteiger partial charge in [0.05, 0.1) is 30.7 Å². The molecule has 0 unspecified atom stereocenters. The predicted molar refractivity (Wildman–Crippen MR) is 136 cm³/mol. The molecular weight excluding hydrogens is 481 g/mol. The number of ether oxygens (including phenoxy) is 1. The van der Waals surface area contributed by atoms with Crippen LogP contribution < -0.4 is 10.2 Å². The highest BCUT2D eigenvalue weighted by Gasteiger charge is 2.42. The molecule has 2 fully saturated rings. The van der Waals surface area contributed by atoms with Gasteiger partial charge in [0, 0.05) is 51.5 Å². The fraction of sp³-hybridized carbons (Fsp3) is 0.536. The van der Waals surface area contributed by atoms with Gasteiger partial charge in [0.25, 0.3) is 0 Å². The Morgan fingerprint density at radius 1 is 1.00 bits per heavy atom. The van der Waals surface area contributed by atoms with Gasteiger partial charge >= 0.3 is 6.18 Å². The van der Waals surface area contributed by atoms with Crippen molar-refractivity contribution in [3.05, 3.63) is 65.2 Å². The zero-order valence-corrected chi connectivity index (χ0v) is 21.1. The monoisotopic (exact) mass is 516 g/mol. The van der Waals surface area contributed by atoms with Gasteiger partial charge in [-0.05, 0) is 48.7 Å². The van der Waals surface area contributed by atoms with Crippen LogP contribution in [0, 0.1) is 5.92 Å². The summed E-state index contributed by atoms with van der Waals surface area (Å²) in [5, 5.41) is 3.10. The van der Waals surface area contributed by atoms with Crippen molar-refractivity contribution in [2.45, 2.75) is 31.6 Å². The number of piperazine rings is 1. The van der Waals surface area contributed by atoms with Gasteiger partial charge in [0.2, 0.25) is 5.91 Å². The molecule has 3 heterocycles. The van der Waals surface area contributed by atoms with Gasteiger partial charge in [-0.25, -0.2) is 0 Å². The Bertz CT molecular complexity index is 1060. The second kappa shape index (κ2) is 11.4. The van der Waals surface area contributed by atoms with Crippen molar-refractivity contribution in [3.63, 3.8) is 0 Å². The molecule has 0 radical (unpaired) electrons. The molecule has 3 aliphatic rings. The molecule has 5 rings (SSSR count). The van der Waals surface area contributed by atoms with Crippen molar-refractivity contribution in [3.8, 4) is 0 Å². The summed E-state index contributed by atoms with van der Waals surface area (Å²) in [7, 11) is 0. The zero-order valence-electron chi connectivity index (χ0n) is 21.1. The van der Waals surface area contributed by atoms with Gasteiger partial charge in [0.1, 0.15) is 0 Å². The summed E-state index contributed by atoms with van der Waals surface area (Å²) in [4.78, 5) is 20.3. The maximum Gasteiger partial charge on any atom is 0.416 e. The third kappa shape index (κ3) is 6.27. The Kier molecular flexibility index (Phi) is 8.02. The molecule has 0 bridgehead atoms. The van der Waals surface area contributed by atoms with E-state index in [2.05, 4.69) is 32.1 Å². The molecule has 0 spiro atoms. The van der Waals surface area contributed by atoms with Crippen LogP contribution in [-0.4, -0.2) is 80.8 Å². The van der Waals surface area contributed by atoms with Crippen LogP contribution >= 0.6 is 0 Å². The highest BCUT2D eigenvalue weighted by molar-refractivity contribution is 5.82. The van der Waals surface area contributed by atoms with Crippen LogP contribution in [0.15, 0.2) is 48.5 Å². The zero-order chi connectivity index (χ0) is 25.8. The average molecular weight is 517 g/mol. The lowest BCUT2D eigenvalue weighted by Crippen LogP contribution is -2.61. The molecule has 0 aliphatic carbocycles. The average Bonchev–Trinajstić information content (AvgIpc) is 2.91. The summed E-state index contributed by atoms with van der Waals surface area (Å²) in [5.41, 5.74) is 1.99. The summed E-state index contributed by atoms with van der Waals surface area (Å²) in [6.07, 6.45) is -3.26. The van der Waals surface area contributed by atoms with Crippen molar-refractivity contribution < 1.29 is 22.7 Å². The number of carbonyl (C=O) groups is 1. The van der Waals surface area contributed by atoms with Gasteiger partial charge in [0.15, 0.2) is 0 Å². The quantitative estimate of drug-likeness (QED) is 0.572. The minimum Gasteiger partial charge on any atom is -0.379 e. The van der Waals surface area contributed by atoms with Gasteiger partial charge in [-0.1, -0.05) is 30.3 Å². The van der Waals surface area contributed by atoms with E-state index in [1.165, 1.54) is 11.6 Å². The topological polar surface area (TPSA) is 48.1 Å². The molecule has 0 aromatic heterocycles. The number of rotatable bonds is 7. The molecule has 2 aromatic carbocycles. The smallest absolute Gasteiger partial charge is 0.379 e. The summed E-state index contributed by atoms with van der Waals surface area (Å²) in [6.45, 7) is 7.70. The molecule has 6 nitrogen and oxygen atoms in total. The van der Waals surface area contributed by atoms with E-state index in [9.17, 15) is 18.0 Å². The Morgan fingerprint density at radius 2 is 1.78 bits per heavy atom. The number of hydrogen-bond acceptors (Lipinski definition) is 5. The Balaban J connectivity index is 1.30. The van der Waals surface area contributed by atoms with E-state index >= 15 is 0 Å². The van der Waals surface area contributed by atoms with Gasteiger partial charge in [-0.3, -0.25) is 14.6 Å². The first-order valence-electron chi connectivity index (χ1n) is 13.2. The van der Waals surface area contributed by atoms with E-state index in [0.29, 0.717) is 31.6 Å². The number of anilines is 1. The lowest BCUT2D eigenvalue weighted by molar-refractivity contribution is -0.137. The van der Waals surface area contributed by atoms with Gasteiger partial charge in [-0.15, -0.1) is 0 Å². The molecule has 9 heteroatoms. The molecule has 200 valence electrons. The van der Waals surface area contributed by atoms with E-state index in [-0.39, 0.29) is 11.9 Å². The molecule has 2 atom stereocenters. The molecule has 1 N–H and O–H groups in total. The lowest BCUT2D eigenvalue weighted by atomic mass is 9.82.